The smallest absolute Gasteiger partial charge is 0.0964 e. The Bertz CT molecular complexity index is 132. The number of rotatable bonds is 3. The molecule has 0 bridgehead atoms. The fourth-order valence-corrected chi connectivity index (χ4v) is 1.26. The third kappa shape index (κ3) is 2.86. The fourth-order valence-electron chi connectivity index (χ4n) is 0.950. The Morgan fingerprint density at radius 1 is 1.80 bits per heavy atom. The van der Waals surface area contributed by atoms with Crippen LogP contribution < -0.4 is 5.32 Å². The van der Waals surface area contributed by atoms with Crippen LogP contribution in [0.25, 0.3) is 0 Å². The molecule has 0 unspecified atom stereocenters. The molecule has 3 heteroatoms. The van der Waals surface area contributed by atoms with Crippen LogP contribution in [0, 0.1) is 0 Å². The number of hydrogen-bond acceptors (Lipinski definition) is 2. The van der Waals surface area contributed by atoms with E-state index in [1.165, 1.54) is 12.3 Å². The van der Waals surface area contributed by atoms with E-state index in [1.807, 2.05) is 0 Å². The first-order valence-corrected chi connectivity index (χ1v) is 4.95. The molecule has 0 amide bonds. The lowest BCUT2D eigenvalue weighted by Gasteiger charge is -2.02. The first kappa shape index (κ1) is 8.30. The molecule has 1 N–H and O–H groups in total. The lowest BCUT2D eigenvalue weighted by Crippen LogP contribution is -2.18. The van der Waals surface area contributed by atoms with Crippen molar-refractivity contribution in [2.45, 2.75) is 23.7 Å². The molecule has 0 aromatic rings. The number of hydrogen-bond donors (Lipinski definition) is 1. The van der Waals surface area contributed by atoms with Crippen molar-refractivity contribution in [1.29, 1.82) is 0 Å². The van der Waals surface area contributed by atoms with Crippen molar-refractivity contribution in [2.75, 3.05) is 13.1 Å². The predicted octanol–water partition coefficient (Wildman–Crippen LogP) is 1.59. The molecule has 1 rings (SSSR count). The van der Waals surface area contributed by atoms with Crippen LogP contribution in [-0.4, -0.2) is 22.8 Å². The van der Waals surface area contributed by atoms with Crippen LogP contribution in [0.1, 0.15) is 19.8 Å². The lowest BCUT2D eigenvalue weighted by molar-refractivity contribution is 0.857. The first-order valence-electron chi connectivity index (χ1n) is 3.70. The monoisotopic (exact) mass is 252 g/mol. The minimum absolute atomic E-state index is 0.766. The summed E-state index contributed by atoms with van der Waals surface area (Å²) in [5.41, 5.74) is 0. The summed E-state index contributed by atoms with van der Waals surface area (Å²) in [5, 5.41) is 3.26. The van der Waals surface area contributed by atoms with Gasteiger partial charge in [-0.1, -0.05) is 29.5 Å². The Morgan fingerprint density at radius 3 is 3.10 bits per heavy atom. The highest BCUT2D eigenvalue weighted by atomic mass is 127. The molecule has 2 nitrogen and oxygen atoms in total. The number of aliphatic imine (C=N–C) groups is 1. The summed E-state index contributed by atoms with van der Waals surface area (Å²) in [6.07, 6.45) is 2.37. The zero-order valence-electron chi connectivity index (χ0n) is 6.23. The minimum Gasteiger partial charge on any atom is -0.372 e. The number of amidine groups is 1. The van der Waals surface area contributed by atoms with E-state index in [-0.39, 0.29) is 0 Å². The van der Waals surface area contributed by atoms with Gasteiger partial charge in [-0.3, -0.25) is 4.99 Å². The van der Waals surface area contributed by atoms with Gasteiger partial charge in [0.05, 0.1) is 12.4 Å². The van der Waals surface area contributed by atoms with Gasteiger partial charge in [0.1, 0.15) is 0 Å². The molecule has 1 aliphatic rings. The Labute approximate surface area is 75.6 Å². The van der Waals surface area contributed by atoms with Crippen molar-refractivity contribution >= 4 is 28.4 Å². The summed E-state index contributed by atoms with van der Waals surface area (Å²) in [4.78, 5) is 4.31. The normalized spacial score (nSPS) is 20.0. The van der Waals surface area contributed by atoms with E-state index in [9.17, 15) is 0 Å². The molecule has 0 radical (unpaired) electrons. The predicted molar refractivity (Wildman–Crippen MR) is 53.0 cm³/mol. The van der Waals surface area contributed by atoms with Crippen molar-refractivity contribution in [2.24, 2.45) is 4.99 Å². The van der Waals surface area contributed by atoms with Gasteiger partial charge in [-0.25, -0.2) is 0 Å². The summed E-state index contributed by atoms with van der Waals surface area (Å²) in [6, 6.07) is 0. The number of halogens is 1. The largest absolute Gasteiger partial charge is 0.372 e. The van der Waals surface area contributed by atoms with Crippen LogP contribution in [0.4, 0.5) is 0 Å². The van der Waals surface area contributed by atoms with E-state index in [1.54, 1.807) is 0 Å². The topological polar surface area (TPSA) is 24.4 Å². The molecular weight excluding hydrogens is 239 g/mol. The maximum absolute atomic E-state index is 4.31. The standard InChI is InChI=1S/C7H13IN2/c1-6(8)2-3-7-9-4-5-10-7/h6H,2-5H2,1H3,(H,9,10)/t6-/m1/s1. The maximum Gasteiger partial charge on any atom is 0.0964 e. The second-order valence-corrected chi connectivity index (χ2v) is 4.70. The van der Waals surface area contributed by atoms with E-state index in [0.717, 1.165) is 23.4 Å². The van der Waals surface area contributed by atoms with Crippen LogP contribution in [-0.2, 0) is 0 Å². The van der Waals surface area contributed by atoms with E-state index in [2.05, 4.69) is 39.8 Å². The molecule has 0 spiro atoms. The van der Waals surface area contributed by atoms with E-state index >= 15 is 0 Å². The highest BCUT2D eigenvalue weighted by Gasteiger charge is 2.05. The van der Waals surface area contributed by atoms with Crippen molar-refractivity contribution in [1.82, 2.24) is 5.32 Å². The number of nitrogens with zero attached hydrogens (tertiary/aromatic N) is 1. The van der Waals surface area contributed by atoms with Gasteiger partial charge >= 0.3 is 0 Å². The van der Waals surface area contributed by atoms with Gasteiger partial charge in [0.25, 0.3) is 0 Å². The maximum atomic E-state index is 4.31. The van der Waals surface area contributed by atoms with Gasteiger partial charge in [-0.15, -0.1) is 0 Å². The van der Waals surface area contributed by atoms with Crippen LogP contribution >= 0.6 is 22.6 Å². The molecule has 0 aliphatic carbocycles. The molecule has 0 saturated carbocycles. The SMILES string of the molecule is C[C@@H](I)CCC1=NCCN1. The second-order valence-electron chi connectivity index (χ2n) is 2.57. The van der Waals surface area contributed by atoms with Crippen molar-refractivity contribution in [3.63, 3.8) is 0 Å². The molecular formula is C7H13IN2. The average Bonchev–Trinajstić information content (AvgIpc) is 2.34. The Morgan fingerprint density at radius 2 is 2.60 bits per heavy atom. The van der Waals surface area contributed by atoms with Gasteiger partial charge in [0.15, 0.2) is 0 Å². The molecule has 1 atom stereocenters. The van der Waals surface area contributed by atoms with Gasteiger partial charge in [-0.2, -0.15) is 0 Å². The van der Waals surface area contributed by atoms with E-state index < -0.39 is 0 Å². The summed E-state index contributed by atoms with van der Waals surface area (Å²) in [6.45, 7) is 4.26. The van der Waals surface area contributed by atoms with Crippen LogP contribution in [0.3, 0.4) is 0 Å². The third-order valence-corrected chi connectivity index (χ3v) is 2.15. The molecule has 0 fully saturated rings. The molecule has 0 aromatic heterocycles. The Hall–Kier alpha value is 0.200. The average molecular weight is 252 g/mol. The number of nitrogens with one attached hydrogen (secondary N) is 1. The summed E-state index contributed by atoms with van der Waals surface area (Å²) in [5.74, 6) is 1.21. The highest BCUT2D eigenvalue weighted by Crippen LogP contribution is 2.07. The van der Waals surface area contributed by atoms with Crippen molar-refractivity contribution in [3.05, 3.63) is 0 Å². The molecule has 1 heterocycles. The summed E-state index contributed by atoms with van der Waals surface area (Å²) in [7, 11) is 0. The lowest BCUT2D eigenvalue weighted by atomic mass is 10.2. The number of alkyl halides is 1. The van der Waals surface area contributed by atoms with E-state index in [0.29, 0.717) is 0 Å². The molecule has 58 valence electrons. The Balaban J connectivity index is 2.13. The molecule has 0 saturated heterocycles. The summed E-state index contributed by atoms with van der Waals surface area (Å²) >= 11 is 2.45. The molecule has 1 aliphatic heterocycles. The van der Waals surface area contributed by atoms with Crippen molar-refractivity contribution in [3.8, 4) is 0 Å². The minimum atomic E-state index is 0.766. The van der Waals surface area contributed by atoms with Gasteiger partial charge in [-0.05, 0) is 6.42 Å². The zero-order chi connectivity index (χ0) is 7.40. The Kier molecular flexibility index (Phi) is 3.45. The summed E-state index contributed by atoms with van der Waals surface area (Å²) < 4.78 is 0.766. The zero-order valence-corrected chi connectivity index (χ0v) is 8.39. The highest BCUT2D eigenvalue weighted by molar-refractivity contribution is 14.1. The first-order chi connectivity index (χ1) is 4.79. The quantitative estimate of drug-likeness (QED) is 0.598. The third-order valence-electron chi connectivity index (χ3n) is 1.52. The van der Waals surface area contributed by atoms with E-state index in [4.69, 9.17) is 0 Å². The van der Waals surface area contributed by atoms with Crippen LogP contribution in [0.2, 0.25) is 0 Å². The molecule has 10 heavy (non-hydrogen) atoms. The van der Waals surface area contributed by atoms with Gasteiger partial charge in [0, 0.05) is 16.9 Å². The second kappa shape index (κ2) is 4.16. The van der Waals surface area contributed by atoms with Crippen LogP contribution in [0.15, 0.2) is 4.99 Å². The van der Waals surface area contributed by atoms with Gasteiger partial charge < -0.3 is 5.32 Å². The van der Waals surface area contributed by atoms with Crippen molar-refractivity contribution < 1.29 is 0 Å². The van der Waals surface area contributed by atoms with Crippen LogP contribution in [0.5, 0.6) is 0 Å². The molecule has 0 aromatic carbocycles. The fraction of sp³-hybridized carbons (Fsp3) is 0.857. The van der Waals surface area contributed by atoms with Gasteiger partial charge in [0.2, 0.25) is 0 Å².